The molecule has 0 heterocycles. The lowest BCUT2D eigenvalue weighted by Crippen LogP contribution is -2.42. The summed E-state index contributed by atoms with van der Waals surface area (Å²) < 4.78 is 0. The molecule has 1 aromatic carbocycles. The first-order valence-corrected chi connectivity index (χ1v) is 6.53. The Kier molecular flexibility index (Phi) is 8.46. The first-order valence-electron chi connectivity index (χ1n) is 6.53. The van der Waals surface area contributed by atoms with Crippen LogP contribution >= 0.6 is 12.4 Å². The maximum absolute atomic E-state index is 9.74. The minimum Gasteiger partial charge on any atom is -0.393 e. The largest absolute Gasteiger partial charge is 0.393 e. The van der Waals surface area contributed by atoms with E-state index in [-0.39, 0.29) is 24.6 Å². The van der Waals surface area contributed by atoms with Gasteiger partial charge in [0, 0.05) is 12.1 Å². The molecule has 1 unspecified atom stereocenters. The lowest BCUT2D eigenvalue weighted by Gasteiger charge is -2.22. The van der Waals surface area contributed by atoms with Crippen LogP contribution in [0.25, 0.3) is 0 Å². The lowest BCUT2D eigenvalue weighted by atomic mass is 10.1. The number of rotatable bonds is 6. The van der Waals surface area contributed by atoms with Crippen LogP contribution in [-0.2, 0) is 4.84 Å². The van der Waals surface area contributed by atoms with Crippen molar-refractivity contribution >= 4 is 18.1 Å². The Balaban J connectivity index is 0.00000361. The maximum Gasteiger partial charge on any atom is 0.144 e. The molecule has 20 heavy (non-hydrogen) atoms. The number of hydrogen-bond acceptors (Lipinski definition) is 4. The molecule has 0 bridgehead atoms. The van der Waals surface area contributed by atoms with E-state index in [9.17, 15) is 5.11 Å². The molecule has 0 saturated heterocycles. The number of aliphatic hydroxyl groups excluding tert-OH is 1. The second-order valence-corrected chi connectivity index (χ2v) is 5.62. The average molecular weight is 301 g/mol. The minimum absolute atomic E-state index is 0. The van der Waals surface area contributed by atoms with E-state index in [1.54, 1.807) is 0 Å². The summed E-state index contributed by atoms with van der Waals surface area (Å²) in [6, 6.07) is 9.81. The standard InChI is InChI=1S/C15H24N2O2.ClH/c1-12(13-8-6-5-7-9-13)17-19-11-14(18)10-16-15(2,3)4;/h5-9,14,16,18H,10-11H2,1-4H3;1H/b17-12+;. The molecule has 114 valence electrons. The van der Waals surface area contributed by atoms with Gasteiger partial charge >= 0.3 is 0 Å². The number of halogens is 1. The Labute approximate surface area is 127 Å². The number of hydrogen-bond donors (Lipinski definition) is 2. The van der Waals surface area contributed by atoms with Crippen LogP contribution in [0.15, 0.2) is 35.5 Å². The Morgan fingerprint density at radius 1 is 1.30 bits per heavy atom. The summed E-state index contributed by atoms with van der Waals surface area (Å²) in [5.41, 5.74) is 1.81. The monoisotopic (exact) mass is 300 g/mol. The van der Waals surface area contributed by atoms with Crippen molar-refractivity contribution in [2.45, 2.75) is 39.3 Å². The van der Waals surface area contributed by atoms with Crippen LogP contribution in [0, 0.1) is 0 Å². The van der Waals surface area contributed by atoms with Gasteiger partial charge in [0.05, 0.1) is 5.71 Å². The van der Waals surface area contributed by atoms with Crippen LogP contribution in [0.3, 0.4) is 0 Å². The predicted octanol–water partition coefficient (Wildman–Crippen LogP) is 2.60. The number of β-amino-alcohol motifs (C(OH)–C–C–N with tert-alkyl or cyclic N) is 1. The Morgan fingerprint density at radius 2 is 1.90 bits per heavy atom. The van der Waals surface area contributed by atoms with Gasteiger partial charge in [-0.05, 0) is 33.3 Å². The fraction of sp³-hybridized carbons (Fsp3) is 0.533. The molecule has 0 amide bonds. The van der Waals surface area contributed by atoms with E-state index in [1.807, 2.05) is 37.3 Å². The molecule has 0 aliphatic heterocycles. The van der Waals surface area contributed by atoms with Gasteiger partial charge in [-0.15, -0.1) is 12.4 Å². The molecule has 0 radical (unpaired) electrons. The number of aliphatic hydroxyl groups is 1. The van der Waals surface area contributed by atoms with E-state index in [4.69, 9.17) is 4.84 Å². The fourth-order valence-corrected chi connectivity index (χ4v) is 1.44. The topological polar surface area (TPSA) is 53.9 Å². The van der Waals surface area contributed by atoms with Gasteiger partial charge in [0.2, 0.25) is 0 Å². The first-order chi connectivity index (χ1) is 8.88. The van der Waals surface area contributed by atoms with Gasteiger partial charge < -0.3 is 15.3 Å². The molecule has 0 fully saturated rings. The summed E-state index contributed by atoms with van der Waals surface area (Å²) in [6.45, 7) is 8.72. The van der Waals surface area contributed by atoms with Gasteiger partial charge in [-0.2, -0.15) is 0 Å². The van der Waals surface area contributed by atoms with Crippen molar-refractivity contribution in [1.82, 2.24) is 5.32 Å². The molecular formula is C15H25ClN2O2. The zero-order valence-corrected chi connectivity index (χ0v) is 13.4. The molecule has 5 heteroatoms. The summed E-state index contributed by atoms with van der Waals surface area (Å²) >= 11 is 0. The molecule has 1 atom stereocenters. The van der Waals surface area contributed by atoms with Crippen LogP contribution in [-0.4, -0.2) is 35.6 Å². The van der Waals surface area contributed by atoms with Crippen LogP contribution in [0.2, 0.25) is 0 Å². The van der Waals surface area contributed by atoms with Gasteiger partial charge in [0.1, 0.15) is 12.7 Å². The van der Waals surface area contributed by atoms with E-state index < -0.39 is 6.10 Å². The van der Waals surface area contributed by atoms with E-state index in [0.29, 0.717) is 6.54 Å². The third-order valence-corrected chi connectivity index (χ3v) is 2.53. The summed E-state index contributed by atoms with van der Waals surface area (Å²) in [5.74, 6) is 0. The van der Waals surface area contributed by atoms with Crippen molar-refractivity contribution in [3.8, 4) is 0 Å². The molecule has 4 nitrogen and oxygen atoms in total. The van der Waals surface area contributed by atoms with Crippen LogP contribution in [0.5, 0.6) is 0 Å². The maximum atomic E-state index is 9.74. The summed E-state index contributed by atoms with van der Waals surface area (Å²) in [4.78, 5) is 5.17. The number of oxime groups is 1. The summed E-state index contributed by atoms with van der Waals surface area (Å²) in [7, 11) is 0. The zero-order chi connectivity index (χ0) is 14.3. The molecule has 0 spiro atoms. The minimum atomic E-state index is -0.563. The van der Waals surface area contributed by atoms with E-state index in [0.717, 1.165) is 11.3 Å². The highest BCUT2D eigenvalue weighted by molar-refractivity contribution is 5.98. The van der Waals surface area contributed by atoms with Gasteiger partial charge in [-0.1, -0.05) is 35.5 Å². The van der Waals surface area contributed by atoms with Crippen molar-refractivity contribution < 1.29 is 9.94 Å². The number of nitrogens with zero attached hydrogens (tertiary/aromatic N) is 1. The smallest absolute Gasteiger partial charge is 0.144 e. The summed E-state index contributed by atoms with van der Waals surface area (Å²) in [6.07, 6.45) is -0.563. The third kappa shape index (κ3) is 8.15. The quantitative estimate of drug-likeness (QED) is 0.627. The molecule has 1 rings (SSSR count). The second-order valence-electron chi connectivity index (χ2n) is 5.62. The average Bonchev–Trinajstić information content (AvgIpc) is 2.36. The second kappa shape index (κ2) is 8.95. The van der Waals surface area contributed by atoms with Crippen LogP contribution in [0.4, 0.5) is 0 Å². The first kappa shape index (κ1) is 18.9. The van der Waals surface area contributed by atoms with Crippen LogP contribution < -0.4 is 5.32 Å². The highest BCUT2D eigenvalue weighted by Gasteiger charge is 2.12. The molecular weight excluding hydrogens is 276 g/mol. The van der Waals surface area contributed by atoms with E-state index >= 15 is 0 Å². The van der Waals surface area contributed by atoms with Gasteiger partial charge in [0.15, 0.2) is 0 Å². The SMILES string of the molecule is C/C(=N\OCC(O)CNC(C)(C)C)c1ccccc1.Cl. The Bertz CT molecular complexity index is 402. The van der Waals surface area contributed by atoms with Crippen molar-refractivity contribution in [2.24, 2.45) is 5.16 Å². The molecule has 1 aromatic rings. The summed E-state index contributed by atoms with van der Waals surface area (Å²) in [5, 5.41) is 17.0. The van der Waals surface area contributed by atoms with Crippen molar-refractivity contribution in [1.29, 1.82) is 0 Å². The number of benzene rings is 1. The van der Waals surface area contributed by atoms with E-state index in [1.165, 1.54) is 0 Å². The van der Waals surface area contributed by atoms with Crippen molar-refractivity contribution in [3.05, 3.63) is 35.9 Å². The van der Waals surface area contributed by atoms with Gasteiger partial charge in [-0.3, -0.25) is 0 Å². The number of nitrogens with one attached hydrogen (secondary N) is 1. The normalized spacial score (nSPS) is 13.6. The molecule has 0 aromatic heterocycles. The van der Waals surface area contributed by atoms with Crippen LogP contribution in [0.1, 0.15) is 33.3 Å². The molecule has 0 saturated carbocycles. The predicted molar refractivity (Wildman–Crippen MR) is 85.6 cm³/mol. The van der Waals surface area contributed by atoms with E-state index in [2.05, 4.69) is 31.2 Å². The lowest BCUT2D eigenvalue weighted by molar-refractivity contribution is 0.0373. The zero-order valence-electron chi connectivity index (χ0n) is 12.6. The van der Waals surface area contributed by atoms with Gasteiger partial charge in [0.25, 0.3) is 0 Å². The van der Waals surface area contributed by atoms with Crippen molar-refractivity contribution in [3.63, 3.8) is 0 Å². The highest BCUT2D eigenvalue weighted by atomic mass is 35.5. The molecule has 0 aliphatic carbocycles. The van der Waals surface area contributed by atoms with Crippen molar-refractivity contribution in [2.75, 3.05) is 13.2 Å². The molecule has 0 aliphatic rings. The van der Waals surface area contributed by atoms with Gasteiger partial charge in [-0.25, -0.2) is 0 Å². The molecule has 2 N–H and O–H groups in total. The third-order valence-electron chi connectivity index (χ3n) is 2.53. The Hall–Kier alpha value is -1.10. The fourth-order valence-electron chi connectivity index (χ4n) is 1.44. The Morgan fingerprint density at radius 3 is 2.45 bits per heavy atom. The highest BCUT2D eigenvalue weighted by Crippen LogP contribution is 2.02.